The van der Waals surface area contributed by atoms with E-state index in [4.69, 9.17) is 9.47 Å². The third-order valence-electron chi connectivity index (χ3n) is 4.52. The molecule has 0 aliphatic carbocycles. The van der Waals surface area contributed by atoms with Gasteiger partial charge in [-0.25, -0.2) is 8.42 Å². The highest BCUT2D eigenvalue weighted by molar-refractivity contribution is 7.93. The van der Waals surface area contributed by atoms with Gasteiger partial charge in [0.1, 0.15) is 23.0 Å². The molecule has 0 atom stereocenters. The van der Waals surface area contributed by atoms with E-state index in [1.54, 1.807) is 23.6 Å². The van der Waals surface area contributed by atoms with Crippen LogP contribution in [0.5, 0.6) is 11.5 Å². The predicted octanol–water partition coefficient (Wildman–Crippen LogP) is 3.56. The highest BCUT2D eigenvalue weighted by Gasteiger charge is 2.25. The Labute approximate surface area is 178 Å². The van der Waals surface area contributed by atoms with Crippen LogP contribution in [0.3, 0.4) is 0 Å². The second-order valence-electron chi connectivity index (χ2n) is 6.71. The summed E-state index contributed by atoms with van der Waals surface area (Å²) in [5.74, 6) is 0.766. The Balaban J connectivity index is 1.50. The number of sulfonamides is 1. The van der Waals surface area contributed by atoms with Crippen molar-refractivity contribution in [2.75, 3.05) is 17.9 Å². The van der Waals surface area contributed by atoms with Crippen molar-refractivity contribution >= 4 is 33.0 Å². The molecule has 1 aromatic heterocycles. The molecule has 0 radical (unpaired) electrons. The van der Waals surface area contributed by atoms with E-state index in [9.17, 15) is 13.2 Å². The number of nitrogens with one attached hydrogen (secondary N) is 2. The number of rotatable bonds is 6. The van der Waals surface area contributed by atoms with Crippen LogP contribution in [0.1, 0.15) is 20.8 Å². The summed E-state index contributed by atoms with van der Waals surface area (Å²) in [6.45, 7) is 3.03. The Kier molecular flexibility index (Phi) is 5.65. The second-order valence-corrected chi connectivity index (χ2v) is 9.28. The molecule has 0 saturated heterocycles. The fourth-order valence-corrected chi connectivity index (χ4v) is 5.44. The molecule has 0 spiro atoms. The van der Waals surface area contributed by atoms with Crippen LogP contribution in [-0.4, -0.2) is 27.5 Å². The summed E-state index contributed by atoms with van der Waals surface area (Å²) < 4.78 is 39.4. The third-order valence-corrected chi connectivity index (χ3v) is 6.98. The van der Waals surface area contributed by atoms with Gasteiger partial charge in [0.25, 0.3) is 15.9 Å². The molecule has 7 nitrogen and oxygen atoms in total. The van der Waals surface area contributed by atoms with Crippen molar-refractivity contribution < 1.29 is 22.7 Å². The van der Waals surface area contributed by atoms with E-state index in [1.165, 1.54) is 6.07 Å². The first-order valence-electron chi connectivity index (χ1n) is 9.27. The molecule has 1 aliphatic rings. The number of anilines is 1. The lowest BCUT2D eigenvalue weighted by Crippen LogP contribution is -2.25. The summed E-state index contributed by atoms with van der Waals surface area (Å²) in [4.78, 5) is 12.8. The number of amides is 1. The monoisotopic (exact) mass is 444 g/mol. The second kappa shape index (κ2) is 8.37. The molecule has 2 aromatic carbocycles. The van der Waals surface area contributed by atoms with Gasteiger partial charge in [-0.1, -0.05) is 29.8 Å². The van der Waals surface area contributed by atoms with Crippen molar-refractivity contribution in [3.8, 4) is 11.5 Å². The summed E-state index contributed by atoms with van der Waals surface area (Å²) in [5, 5.41) is 4.36. The first-order valence-corrected chi connectivity index (χ1v) is 11.6. The van der Waals surface area contributed by atoms with Gasteiger partial charge in [0.05, 0.1) is 0 Å². The first kappa shape index (κ1) is 20.2. The van der Waals surface area contributed by atoms with Gasteiger partial charge < -0.3 is 14.8 Å². The summed E-state index contributed by atoms with van der Waals surface area (Å²) in [5.41, 5.74) is 2.22. The maximum absolute atomic E-state index is 12.8. The van der Waals surface area contributed by atoms with Gasteiger partial charge in [0.15, 0.2) is 11.5 Å². The van der Waals surface area contributed by atoms with Crippen LogP contribution in [0, 0.1) is 6.92 Å². The molecule has 0 bridgehead atoms. The average molecular weight is 445 g/mol. The van der Waals surface area contributed by atoms with E-state index in [2.05, 4.69) is 10.0 Å². The Morgan fingerprint density at radius 1 is 1.07 bits per heavy atom. The quantitative estimate of drug-likeness (QED) is 0.606. The van der Waals surface area contributed by atoms with Gasteiger partial charge in [-0.15, -0.1) is 11.3 Å². The number of hydrogen-bond donors (Lipinski definition) is 2. The number of carbonyl (C=O) groups excluding carboxylic acids is 1. The minimum absolute atomic E-state index is 0.0553. The van der Waals surface area contributed by atoms with Crippen LogP contribution in [-0.2, 0) is 16.6 Å². The van der Waals surface area contributed by atoms with Crippen molar-refractivity contribution in [1.82, 2.24) is 5.32 Å². The predicted molar refractivity (Wildman–Crippen MR) is 115 cm³/mol. The molecule has 30 heavy (non-hydrogen) atoms. The number of fused-ring (bicyclic) bond motifs is 1. The first-order chi connectivity index (χ1) is 14.4. The van der Waals surface area contributed by atoms with Crippen LogP contribution in [0.25, 0.3) is 0 Å². The maximum Gasteiger partial charge on any atom is 0.263 e. The molecule has 1 aliphatic heterocycles. The molecule has 2 heterocycles. The molecule has 0 fully saturated rings. The zero-order valence-corrected chi connectivity index (χ0v) is 17.8. The number of para-hydroxylation sites is 1. The van der Waals surface area contributed by atoms with E-state index in [-0.39, 0.29) is 16.3 Å². The molecule has 0 saturated carbocycles. The Bertz CT molecular complexity index is 1170. The van der Waals surface area contributed by atoms with Gasteiger partial charge in [-0.2, -0.15) is 0 Å². The van der Waals surface area contributed by atoms with E-state index >= 15 is 0 Å². The van der Waals surface area contributed by atoms with Gasteiger partial charge in [-0.05, 0) is 36.6 Å². The lowest BCUT2D eigenvalue weighted by Gasteiger charge is -2.21. The van der Waals surface area contributed by atoms with E-state index in [0.717, 1.165) is 22.5 Å². The minimum Gasteiger partial charge on any atom is -0.486 e. The number of aryl methyl sites for hydroxylation is 1. The van der Waals surface area contributed by atoms with Gasteiger partial charge in [0, 0.05) is 17.8 Å². The lowest BCUT2D eigenvalue weighted by atomic mass is 10.1. The normalized spacial score (nSPS) is 13.0. The van der Waals surface area contributed by atoms with Crippen LogP contribution in [0.4, 0.5) is 5.69 Å². The third kappa shape index (κ3) is 4.27. The summed E-state index contributed by atoms with van der Waals surface area (Å²) >= 11 is 1.07. The number of ether oxygens (including phenoxy) is 2. The van der Waals surface area contributed by atoms with Gasteiger partial charge in [-0.3, -0.25) is 9.52 Å². The zero-order valence-electron chi connectivity index (χ0n) is 16.2. The lowest BCUT2D eigenvalue weighted by molar-refractivity contribution is 0.0951. The Morgan fingerprint density at radius 2 is 1.83 bits per heavy atom. The minimum atomic E-state index is -3.90. The zero-order chi connectivity index (χ0) is 21.1. The number of hydrogen-bond acceptors (Lipinski definition) is 6. The molecule has 3 aromatic rings. The fourth-order valence-electron chi connectivity index (χ4n) is 3.04. The van der Waals surface area contributed by atoms with Crippen molar-refractivity contribution in [3.05, 3.63) is 69.9 Å². The maximum atomic E-state index is 12.8. The van der Waals surface area contributed by atoms with Gasteiger partial charge in [0.2, 0.25) is 0 Å². The molecule has 9 heteroatoms. The van der Waals surface area contributed by atoms with Crippen LogP contribution < -0.4 is 19.5 Å². The molecule has 1 amide bonds. The SMILES string of the molecule is Cc1ccc(NS(=O)(=O)c2ccsc2C(=O)NCc2cccc3c2OCCO3)cc1. The Hall–Kier alpha value is -3.04. The van der Waals surface area contributed by atoms with Crippen molar-refractivity contribution in [3.63, 3.8) is 0 Å². The van der Waals surface area contributed by atoms with Crippen LogP contribution in [0.2, 0.25) is 0 Å². The molecular formula is C21H20N2O5S2. The Morgan fingerprint density at radius 3 is 2.63 bits per heavy atom. The van der Waals surface area contributed by atoms with Crippen LogP contribution in [0.15, 0.2) is 58.8 Å². The summed E-state index contributed by atoms with van der Waals surface area (Å²) in [7, 11) is -3.90. The molecule has 4 rings (SSSR count). The highest BCUT2D eigenvalue weighted by Crippen LogP contribution is 2.33. The number of carbonyl (C=O) groups is 1. The highest BCUT2D eigenvalue weighted by atomic mass is 32.2. The molecule has 156 valence electrons. The standard InChI is InChI=1S/C21H20N2O5S2/c1-14-5-7-16(8-6-14)23-30(25,26)18-9-12-29-20(18)21(24)22-13-15-3-2-4-17-19(15)28-11-10-27-17/h2-9,12,23H,10-11,13H2,1H3,(H,22,24). The number of thiophene rings is 1. The van der Waals surface area contributed by atoms with Crippen molar-refractivity contribution in [2.24, 2.45) is 0 Å². The molecular weight excluding hydrogens is 424 g/mol. The summed E-state index contributed by atoms with van der Waals surface area (Å²) in [6, 6.07) is 13.9. The average Bonchev–Trinajstić information content (AvgIpc) is 3.25. The van der Waals surface area contributed by atoms with Crippen LogP contribution >= 0.6 is 11.3 Å². The van der Waals surface area contributed by atoms with Crippen molar-refractivity contribution in [2.45, 2.75) is 18.4 Å². The molecule has 2 N–H and O–H groups in total. The molecule has 0 unspecified atom stereocenters. The van der Waals surface area contributed by atoms with E-state index < -0.39 is 15.9 Å². The van der Waals surface area contributed by atoms with Gasteiger partial charge >= 0.3 is 0 Å². The van der Waals surface area contributed by atoms with E-state index in [1.807, 2.05) is 31.2 Å². The summed E-state index contributed by atoms with van der Waals surface area (Å²) in [6.07, 6.45) is 0. The van der Waals surface area contributed by atoms with E-state index in [0.29, 0.717) is 30.4 Å². The topological polar surface area (TPSA) is 93.7 Å². The largest absolute Gasteiger partial charge is 0.486 e. The van der Waals surface area contributed by atoms with Crippen molar-refractivity contribution in [1.29, 1.82) is 0 Å². The smallest absolute Gasteiger partial charge is 0.263 e. The fraction of sp³-hybridized carbons (Fsp3) is 0.190. The number of benzene rings is 2.